The van der Waals surface area contributed by atoms with Crippen LogP contribution in [-0.4, -0.2) is 6.34 Å². The zero-order valence-electron chi connectivity index (χ0n) is 7.63. The normalized spacial score (nSPS) is 17.8. The quantitative estimate of drug-likeness (QED) is 0.675. The average Bonchev–Trinajstić information content (AvgIpc) is 2.02. The summed E-state index contributed by atoms with van der Waals surface area (Å²) in [6.45, 7) is 4.10. The van der Waals surface area contributed by atoms with Gasteiger partial charge in [0, 0.05) is 16.3 Å². The number of hydrogen-bond acceptors (Lipinski definition) is 2. The average molecular weight is 195 g/mol. The minimum atomic E-state index is -0.223. The van der Waals surface area contributed by atoms with Crippen molar-refractivity contribution in [1.29, 1.82) is 0 Å². The molecule has 2 nitrogen and oxygen atoms in total. The SMILES string of the molecule is CC1(C)N=CNc2cccc(Cl)c21. The molecule has 0 aliphatic carbocycles. The predicted molar refractivity (Wildman–Crippen MR) is 56.6 cm³/mol. The molecule has 0 unspecified atom stereocenters. The Morgan fingerprint density at radius 2 is 2.15 bits per heavy atom. The summed E-state index contributed by atoms with van der Waals surface area (Å²) in [5, 5.41) is 3.85. The van der Waals surface area contributed by atoms with Crippen LogP contribution < -0.4 is 5.32 Å². The number of anilines is 1. The van der Waals surface area contributed by atoms with E-state index in [-0.39, 0.29) is 5.54 Å². The first-order valence-corrected chi connectivity index (χ1v) is 4.58. The second-order valence-corrected chi connectivity index (χ2v) is 4.03. The van der Waals surface area contributed by atoms with E-state index in [2.05, 4.69) is 24.2 Å². The number of nitrogens with zero attached hydrogens (tertiary/aromatic N) is 1. The molecule has 0 radical (unpaired) electrons. The maximum Gasteiger partial charge on any atom is 0.0878 e. The number of halogens is 1. The molecular formula is C10H11ClN2. The Morgan fingerprint density at radius 3 is 2.85 bits per heavy atom. The zero-order chi connectivity index (χ0) is 9.47. The first kappa shape index (κ1) is 8.57. The van der Waals surface area contributed by atoms with Gasteiger partial charge in [-0.25, -0.2) is 0 Å². The molecule has 0 saturated heterocycles. The fourth-order valence-corrected chi connectivity index (χ4v) is 2.00. The molecule has 0 aromatic heterocycles. The van der Waals surface area contributed by atoms with Crippen molar-refractivity contribution >= 4 is 23.6 Å². The summed E-state index contributed by atoms with van der Waals surface area (Å²) in [6.07, 6.45) is 1.72. The summed E-state index contributed by atoms with van der Waals surface area (Å²) in [5.74, 6) is 0. The molecular weight excluding hydrogens is 184 g/mol. The maximum absolute atomic E-state index is 6.11. The summed E-state index contributed by atoms with van der Waals surface area (Å²) in [7, 11) is 0. The van der Waals surface area contributed by atoms with Crippen LogP contribution in [0.4, 0.5) is 5.69 Å². The third kappa shape index (κ3) is 1.31. The van der Waals surface area contributed by atoms with Crippen molar-refractivity contribution in [3.8, 4) is 0 Å². The molecule has 0 bridgehead atoms. The molecule has 2 rings (SSSR count). The van der Waals surface area contributed by atoms with Gasteiger partial charge in [-0.15, -0.1) is 0 Å². The minimum Gasteiger partial charge on any atom is -0.346 e. The fourth-order valence-electron chi connectivity index (χ4n) is 1.59. The molecule has 1 aromatic rings. The van der Waals surface area contributed by atoms with Crippen molar-refractivity contribution in [2.45, 2.75) is 19.4 Å². The highest BCUT2D eigenvalue weighted by atomic mass is 35.5. The summed E-state index contributed by atoms with van der Waals surface area (Å²) >= 11 is 6.11. The number of fused-ring (bicyclic) bond motifs is 1. The van der Waals surface area contributed by atoms with Gasteiger partial charge in [-0.2, -0.15) is 0 Å². The third-order valence-corrected chi connectivity index (χ3v) is 2.55. The van der Waals surface area contributed by atoms with Crippen LogP contribution in [0.3, 0.4) is 0 Å². The van der Waals surface area contributed by atoms with Gasteiger partial charge in [0.05, 0.1) is 11.9 Å². The van der Waals surface area contributed by atoms with Crippen molar-refractivity contribution in [2.24, 2.45) is 4.99 Å². The molecule has 3 heteroatoms. The van der Waals surface area contributed by atoms with E-state index in [0.29, 0.717) is 0 Å². The number of benzene rings is 1. The summed E-state index contributed by atoms with van der Waals surface area (Å²) in [4.78, 5) is 4.34. The van der Waals surface area contributed by atoms with Crippen molar-refractivity contribution in [2.75, 3.05) is 5.32 Å². The smallest absolute Gasteiger partial charge is 0.0878 e. The van der Waals surface area contributed by atoms with Gasteiger partial charge in [0.25, 0.3) is 0 Å². The molecule has 1 aliphatic heterocycles. The van der Waals surface area contributed by atoms with Crippen molar-refractivity contribution in [3.63, 3.8) is 0 Å². The molecule has 0 amide bonds. The topological polar surface area (TPSA) is 24.4 Å². The number of rotatable bonds is 0. The lowest BCUT2D eigenvalue weighted by Crippen LogP contribution is -2.22. The zero-order valence-corrected chi connectivity index (χ0v) is 8.39. The minimum absolute atomic E-state index is 0.223. The van der Waals surface area contributed by atoms with Crippen LogP contribution in [0.15, 0.2) is 23.2 Å². The first-order chi connectivity index (χ1) is 6.11. The van der Waals surface area contributed by atoms with Gasteiger partial charge in [0.15, 0.2) is 0 Å². The Labute approximate surface area is 82.6 Å². The van der Waals surface area contributed by atoms with Crippen molar-refractivity contribution < 1.29 is 0 Å². The van der Waals surface area contributed by atoms with Gasteiger partial charge < -0.3 is 5.32 Å². The number of aliphatic imine (C=N–C) groups is 1. The number of nitrogens with one attached hydrogen (secondary N) is 1. The Hall–Kier alpha value is -1.02. The molecule has 0 spiro atoms. The first-order valence-electron chi connectivity index (χ1n) is 4.20. The lowest BCUT2D eigenvalue weighted by Gasteiger charge is -2.28. The Balaban J connectivity index is 2.66. The third-order valence-electron chi connectivity index (χ3n) is 2.23. The van der Waals surface area contributed by atoms with E-state index >= 15 is 0 Å². The van der Waals surface area contributed by atoms with E-state index in [1.165, 1.54) is 0 Å². The van der Waals surface area contributed by atoms with Gasteiger partial charge in [-0.05, 0) is 26.0 Å². The molecule has 0 saturated carbocycles. The second kappa shape index (κ2) is 2.74. The highest BCUT2D eigenvalue weighted by Crippen LogP contribution is 2.38. The van der Waals surface area contributed by atoms with Gasteiger partial charge in [0.1, 0.15) is 0 Å². The van der Waals surface area contributed by atoms with E-state index in [0.717, 1.165) is 16.3 Å². The molecule has 13 heavy (non-hydrogen) atoms. The Bertz CT molecular complexity index is 369. The van der Waals surface area contributed by atoms with E-state index in [9.17, 15) is 0 Å². The monoisotopic (exact) mass is 194 g/mol. The summed E-state index contributed by atoms with van der Waals surface area (Å²) in [6, 6.07) is 5.84. The fraction of sp³-hybridized carbons (Fsp3) is 0.300. The van der Waals surface area contributed by atoms with Gasteiger partial charge in [-0.1, -0.05) is 17.7 Å². The molecule has 68 valence electrons. The standard InChI is InChI=1S/C10H11ClN2/c1-10(2)9-7(11)4-3-5-8(9)12-6-13-10/h3-6H,1-2H3,(H,12,13). The predicted octanol–water partition coefficient (Wildman–Crippen LogP) is 3.03. The maximum atomic E-state index is 6.11. The van der Waals surface area contributed by atoms with Gasteiger partial charge >= 0.3 is 0 Å². The van der Waals surface area contributed by atoms with Crippen LogP contribution in [0.5, 0.6) is 0 Å². The van der Waals surface area contributed by atoms with E-state index in [4.69, 9.17) is 11.6 Å². The van der Waals surface area contributed by atoms with Crippen LogP contribution in [0.25, 0.3) is 0 Å². The molecule has 1 N–H and O–H groups in total. The molecule has 1 heterocycles. The van der Waals surface area contributed by atoms with Crippen LogP contribution >= 0.6 is 11.6 Å². The molecule has 0 atom stereocenters. The summed E-state index contributed by atoms with van der Waals surface area (Å²) < 4.78 is 0. The van der Waals surface area contributed by atoms with E-state index in [1.807, 2.05) is 18.2 Å². The Kier molecular flexibility index (Phi) is 1.81. The van der Waals surface area contributed by atoms with Crippen LogP contribution in [0.1, 0.15) is 19.4 Å². The van der Waals surface area contributed by atoms with Crippen molar-refractivity contribution in [1.82, 2.24) is 0 Å². The molecule has 1 aromatic carbocycles. The van der Waals surface area contributed by atoms with Crippen molar-refractivity contribution in [3.05, 3.63) is 28.8 Å². The second-order valence-electron chi connectivity index (χ2n) is 3.62. The lowest BCUT2D eigenvalue weighted by molar-refractivity contribution is 0.558. The van der Waals surface area contributed by atoms with E-state index in [1.54, 1.807) is 6.34 Å². The van der Waals surface area contributed by atoms with E-state index < -0.39 is 0 Å². The summed E-state index contributed by atoms with van der Waals surface area (Å²) in [5.41, 5.74) is 1.89. The van der Waals surface area contributed by atoms with Gasteiger partial charge in [0.2, 0.25) is 0 Å². The highest BCUT2D eigenvalue weighted by Gasteiger charge is 2.27. The van der Waals surface area contributed by atoms with Crippen LogP contribution in [-0.2, 0) is 5.54 Å². The van der Waals surface area contributed by atoms with Crippen LogP contribution in [0, 0.1) is 0 Å². The van der Waals surface area contributed by atoms with Crippen LogP contribution in [0.2, 0.25) is 5.02 Å². The Morgan fingerprint density at radius 1 is 1.38 bits per heavy atom. The molecule has 1 aliphatic rings. The highest BCUT2D eigenvalue weighted by molar-refractivity contribution is 6.32. The lowest BCUT2D eigenvalue weighted by atomic mass is 9.92. The van der Waals surface area contributed by atoms with Gasteiger partial charge in [-0.3, -0.25) is 4.99 Å². The molecule has 0 fully saturated rings. The number of hydrogen-bond donors (Lipinski definition) is 1. The largest absolute Gasteiger partial charge is 0.346 e.